The Bertz CT molecular complexity index is 536. The number of carbonyl (C=O) groups excluding carboxylic acids is 1. The number of amides is 1. The Hall–Kier alpha value is -1.06. The number of carbonyl (C=O) groups is 1. The first-order valence-corrected chi connectivity index (χ1v) is 8.70. The highest BCUT2D eigenvalue weighted by Gasteiger charge is 2.32. The van der Waals surface area contributed by atoms with Gasteiger partial charge in [0.05, 0.1) is 0 Å². The molecule has 2 aliphatic rings. The molecule has 1 unspecified atom stereocenters. The molecule has 0 aromatic heterocycles. The summed E-state index contributed by atoms with van der Waals surface area (Å²) in [6.07, 6.45) is 5.35. The van der Waals surface area contributed by atoms with Crippen LogP contribution in [-0.4, -0.2) is 29.9 Å². The zero-order valence-electron chi connectivity index (χ0n) is 14.3. The van der Waals surface area contributed by atoms with Crippen LogP contribution >= 0.6 is 12.4 Å². The maximum absolute atomic E-state index is 12.6. The minimum atomic E-state index is 0. The number of nitrogens with zero attached hydrogens (tertiary/aromatic N) is 1. The van der Waals surface area contributed by atoms with Crippen molar-refractivity contribution in [1.82, 2.24) is 10.2 Å². The molecule has 1 aromatic rings. The van der Waals surface area contributed by atoms with Crippen LogP contribution in [0.3, 0.4) is 0 Å². The van der Waals surface area contributed by atoms with Crippen molar-refractivity contribution >= 4 is 18.3 Å². The summed E-state index contributed by atoms with van der Waals surface area (Å²) in [5.41, 5.74) is 3.91. The van der Waals surface area contributed by atoms with Gasteiger partial charge in [-0.05, 0) is 75.2 Å². The predicted molar refractivity (Wildman–Crippen MR) is 96.9 cm³/mol. The lowest BCUT2D eigenvalue weighted by Crippen LogP contribution is -2.32. The molecule has 3 nitrogen and oxygen atoms in total. The highest BCUT2D eigenvalue weighted by Crippen LogP contribution is 2.30. The topological polar surface area (TPSA) is 32.3 Å². The first-order valence-electron chi connectivity index (χ1n) is 8.70. The largest absolute Gasteiger partial charge is 0.335 e. The van der Waals surface area contributed by atoms with Gasteiger partial charge in [-0.3, -0.25) is 4.79 Å². The van der Waals surface area contributed by atoms with Gasteiger partial charge in [0.2, 0.25) is 5.91 Å². The molecule has 4 heteroatoms. The average Bonchev–Trinajstić information content (AvgIpc) is 3.21. The quantitative estimate of drug-likeness (QED) is 0.860. The number of aryl methyl sites for hydroxylation is 2. The third-order valence-corrected chi connectivity index (χ3v) is 5.16. The molecule has 1 N–H and O–H groups in total. The molecule has 128 valence electrons. The molecule has 1 amide bonds. The van der Waals surface area contributed by atoms with Crippen LogP contribution in [0.15, 0.2) is 18.2 Å². The zero-order valence-corrected chi connectivity index (χ0v) is 15.1. The van der Waals surface area contributed by atoms with Crippen molar-refractivity contribution in [1.29, 1.82) is 0 Å². The number of rotatable bonds is 6. The summed E-state index contributed by atoms with van der Waals surface area (Å²) in [5, 5.41) is 3.39. The van der Waals surface area contributed by atoms with Gasteiger partial charge in [0, 0.05) is 19.0 Å². The van der Waals surface area contributed by atoms with Crippen LogP contribution in [0.25, 0.3) is 0 Å². The van der Waals surface area contributed by atoms with Gasteiger partial charge < -0.3 is 10.2 Å². The Morgan fingerprint density at radius 3 is 2.61 bits per heavy atom. The lowest BCUT2D eigenvalue weighted by molar-refractivity contribution is -0.132. The minimum Gasteiger partial charge on any atom is -0.335 e. The molecule has 1 aliphatic carbocycles. The van der Waals surface area contributed by atoms with Gasteiger partial charge in [-0.1, -0.05) is 18.2 Å². The highest BCUT2D eigenvalue weighted by atomic mass is 35.5. The van der Waals surface area contributed by atoms with E-state index in [2.05, 4.69) is 42.3 Å². The normalized spacial score (nSPS) is 20.2. The Labute approximate surface area is 146 Å². The third-order valence-electron chi connectivity index (χ3n) is 5.16. The molecule has 1 saturated carbocycles. The SMILES string of the molecule is Cc1ccc(CN(C(=O)CCC2CCNC2)C2CC2)cc1C.Cl. The second kappa shape index (κ2) is 8.16. The third kappa shape index (κ3) is 4.95. The lowest BCUT2D eigenvalue weighted by Gasteiger charge is -2.23. The molecule has 0 radical (unpaired) electrons. The molecule has 0 bridgehead atoms. The standard InChI is InChI=1S/C19H28N2O.ClH/c1-14-3-4-17(11-15(14)2)13-21(18-6-7-18)19(22)8-5-16-9-10-20-12-16;/h3-4,11,16,18,20H,5-10,12-13H2,1-2H3;1H. The first kappa shape index (κ1) is 18.3. The number of benzene rings is 1. The van der Waals surface area contributed by atoms with Gasteiger partial charge in [-0.2, -0.15) is 0 Å². The highest BCUT2D eigenvalue weighted by molar-refractivity contribution is 5.85. The van der Waals surface area contributed by atoms with E-state index < -0.39 is 0 Å². The Morgan fingerprint density at radius 1 is 1.22 bits per heavy atom. The van der Waals surface area contributed by atoms with Crippen molar-refractivity contribution in [3.05, 3.63) is 34.9 Å². The van der Waals surface area contributed by atoms with E-state index in [9.17, 15) is 4.79 Å². The van der Waals surface area contributed by atoms with Crippen LogP contribution < -0.4 is 5.32 Å². The van der Waals surface area contributed by atoms with Crippen LogP contribution in [0.2, 0.25) is 0 Å². The van der Waals surface area contributed by atoms with E-state index in [0.29, 0.717) is 24.3 Å². The van der Waals surface area contributed by atoms with Crippen molar-refractivity contribution in [3.63, 3.8) is 0 Å². The second-order valence-corrected chi connectivity index (χ2v) is 7.07. The second-order valence-electron chi connectivity index (χ2n) is 7.07. The number of hydrogen-bond acceptors (Lipinski definition) is 2. The average molecular weight is 337 g/mol. The first-order chi connectivity index (χ1) is 10.6. The summed E-state index contributed by atoms with van der Waals surface area (Å²) in [5.74, 6) is 1.05. The van der Waals surface area contributed by atoms with Gasteiger partial charge in [0.25, 0.3) is 0 Å². The fourth-order valence-corrected chi connectivity index (χ4v) is 3.34. The summed E-state index contributed by atoms with van der Waals surface area (Å²) in [6.45, 7) is 7.28. The minimum absolute atomic E-state index is 0. The molecule has 1 saturated heterocycles. The summed E-state index contributed by atoms with van der Waals surface area (Å²) < 4.78 is 0. The van der Waals surface area contributed by atoms with Crippen LogP contribution in [0.5, 0.6) is 0 Å². The molecule has 3 rings (SSSR count). The van der Waals surface area contributed by atoms with E-state index in [1.165, 1.54) is 36.0 Å². The van der Waals surface area contributed by atoms with Crippen molar-refractivity contribution in [2.75, 3.05) is 13.1 Å². The van der Waals surface area contributed by atoms with E-state index in [4.69, 9.17) is 0 Å². The van der Waals surface area contributed by atoms with E-state index in [0.717, 1.165) is 26.1 Å². The van der Waals surface area contributed by atoms with Crippen molar-refractivity contribution in [3.8, 4) is 0 Å². The zero-order chi connectivity index (χ0) is 15.5. The monoisotopic (exact) mass is 336 g/mol. The molecular weight excluding hydrogens is 308 g/mol. The molecule has 1 heterocycles. The molecule has 2 fully saturated rings. The van der Waals surface area contributed by atoms with Crippen molar-refractivity contribution < 1.29 is 4.79 Å². The van der Waals surface area contributed by atoms with E-state index >= 15 is 0 Å². The lowest BCUT2D eigenvalue weighted by atomic mass is 10.0. The van der Waals surface area contributed by atoms with Crippen molar-refractivity contribution in [2.24, 2.45) is 5.92 Å². The van der Waals surface area contributed by atoms with Crippen LogP contribution in [0, 0.1) is 19.8 Å². The Morgan fingerprint density at radius 2 is 2.00 bits per heavy atom. The maximum atomic E-state index is 12.6. The van der Waals surface area contributed by atoms with Gasteiger partial charge in [0.1, 0.15) is 0 Å². The van der Waals surface area contributed by atoms with Crippen LogP contribution in [0.4, 0.5) is 0 Å². The van der Waals surface area contributed by atoms with Crippen LogP contribution in [-0.2, 0) is 11.3 Å². The molecule has 23 heavy (non-hydrogen) atoms. The fourth-order valence-electron chi connectivity index (χ4n) is 3.34. The molecule has 0 spiro atoms. The number of halogens is 1. The Kier molecular flexibility index (Phi) is 6.49. The smallest absolute Gasteiger partial charge is 0.223 e. The fraction of sp³-hybridized carbons (Fsp3) is 0.632. The van der Waals surface area contributed by atoms with E-state index in [-0.39, 0.29) is 12.4 Å². The molecule has 1 atom stereocenters. The summed E-state index contributed by atoms with van der Waals surface area (Å²) >= 11 is 0. The maximum Gasteiger partial charge on any atom is 0.223 e. The molecular formula is C19H29ClN2O. The number of hydrogen-bond donors (Lipinski definition) is 1. The molecule has 1 aromatic carbocycles. The molecule has 1 aliphatic heterocycles. The van der Waals surface area contributed by atoms with Crippen LogP contribution in [0.1, 0.15) is 48.8 Å². The van der Waals surface area contributed by atoms with Gasteiger partial charge >= 0.3 is 0 Å². The van der Waals surface area contributed by atoms with Gasteiger partial charge in [0.15, 0.2) is 0 Å². The number of nitrogens with one attached hydrogen (secondary N) is 1. The van der Waals surface area contributed by atoms with E-state index in [1.807, 2.05) is 0 Å². The summed E-state index contributed by atoms with van der Waals surface area (Å²) in [7, 11) is 0. The summed E-state index contributed by atoms with van der Waals surface area (Å²) in [6, 6.07) is 7.07. The van der Waals surface area contributed by atoms with E-state index in [1.54, 1.807) is 0 Å². The summed E-state index contributed by atoms with van der Waals surface area (Å²) in [4.78, 5) is 14.8. The van der Waals surface area contributed by atoms with Gasteiger partial charge in [-0.15, -0.1) is 12.4 Å². The van der Waals surface area contributed by atoms with Crippen molar-refractivity contribution in [2.45, 2.75) is 58.5 Å². The van der Waals surface area contributed by atoms with Gasteiger partial charge in [-0.25, -0.2) is 0 Å². The predicted octanol–water partition coefficient (Wildman–Crippen LogP) is 3.61. The Balaban J connectivity index is 0.00000192.